The van der Waals surface area contributed by atoms with Crippen LogP contribution in [0.4, 0.5) is 0 Å². The molecule has 0 aromatic heterocycles. The van der Waals surface area contributed by atoms with E-state index in [0.29, 0.717) is 5.92 Å². The number of rotatable bonds is 1. The van der Waals surface area contributed by atoms with E-state index in [1.807, 2.05) is 0 Å². The molecule has 2 heteroatoms. The molecule has 108 valence electrons. The number of hydrogen-bond donors (Lipinski definition) is 0. The first-order valence-corrected chi connectivity index (χ1v) is 9.51. The Labute approximate surface area is 157 Å². The summed E-state index contributed by atoms with van der Waals surface area (Å²) >= 11 is 5.07. The predicted octanol–water partition coefficient (Wildman–Crippen LogP) is 6.61. The van der Waals surface area contributed by atoms with Crippen molar-refractivity contribution in [2.75, 3.05) is 0 Å². The molecular weight excluding hydrogens is 494 g/mol. The van der Waals surface area contributed by atoms with Crippen LogP contribution in [0.1, 0.15) is 22.6 Å². The smallest absolute Gasteiger partial charge is 0.0408 e. The molecule has 0 radical (unpaired) electrons. The second kappa shape index (κ2) is 5.96. The third kappa shape index (κ3) is 2.40. The number of allylic oxidation sites excluding steroid dienone is 2. The lowest BCUT2D eigenvalue weighted by Gasteiger charge is -2.28. The van der Waals surface area contributed by atoms with Gasteiger partial charge in [-0.3, -0.25) is 0 Å². The summed E-state index contributed by atoms with van der Waals surface area (Å²) in [6.45, 7) is 0. The largest absolute Gasteiger partial charge is 0.0622 e. The van der Waals surface area contributed by atoms with Gasteiger partial charge in [0.15, 0.2) is 0 Å². The summed E-state index contributed by atoms with van der Waals surface area (Å²) < 4.78 is 2.93. The van der Waals surface area contributed by atoms with Crippen molar-refractivity contribution in [1.29, 1.82) is 0 Å². The molecule has 0 N–H and O–H groups in total. The fourth-order valence-corrected chi connectivity index (χ4v) is 4.90. The molecule has 0 saturated heterocycles. The van der Waals surface area contributed by atoms with Crippen molar-refractivity contribution in [3.63, 3.8) is 0 Å². The monoisotopic (exact) mass is 508 g/mol. The number of hydrogen-bond acceptors (Lipinski definition) is 0. The summed E-state index contributed by atoms with van der Waals surface area (Å²) in [6, 6.07) is 24.2. The molecule has 0 nitrogen and oxygen atoms in total. The van der Waals surface area contributed by atoms with Crippen LogP contribution in [0.2, 0.25) is 0 Å². The normalized spacial score (nSPS) is 17.6. The van der Waals surface area contributed by atoms with Crippen molar-refractivity contribution < 1.29 is 0 Å². The summed E-state index contributed by atoms with van der Waals surface area (Å²) in [7, 11) is 0. The predicted molar refractivity (Wildman–Crippen MR) is 111 cm³/mol. The molecule has 0 fully saturated rings. The number of fused-ring (bicyclic) bond motifs is 3. The van der Waals surface area contributed by atoms with Crippen molar-refractivity contribution in [1.82, 2.24) is 0 Å². The van der Waals surface area contributed by atoms with Crippen molar-refractivity contribution in [3.8, 4) is 0 Å². The first kappa shape index (κ1) is 14.7. The molecule has 4 rings (SSSR count). The van der Waals surface area contributed by atoms with E-state index in [1.54, 1.807) is 0 Å². The van der Waals surface area contributed by atoms with Gasteiger partial charge in [0.25, 0.3) is 0 Å². The first-order chi connectivity index (χ1) is 10.8. The average molecular weight is 508 g/mol. The SMILES string of the molecule is IC1=C(I)C(c2ccccc2)c2ccc3ccccc3c2C1. The first-order valence-electron chi connectivity index (χ1n) is 7.35. The molecule has 3 aromatic rings. The molecule has 3 aromatic carbocycles. The highest BCUT2D eigenvalue weighted by Gasteiger charge is 2.27. The van der Waals surface area contributed by atoms with Crippen LogP contribution in [-0.2, 0) is 6.42 Å². The molecule has 1 atom stereocenters. The number of halogens is 2. The van der Waals surface area contributed by atoms with Gasteiger partial charge < -0.3 is 0 Å². The minimum Gasteiger partial charge on any atom is -0.0622 e. The van der Waals surface area contributed by atoms with Crippen LogP contribution in [0.5, 0.6) is 0 Å². The van der Waals surface area contributed by atoms with Gasteiger partial charge in [0.2, 0.25) is 0 Å². The molecule has 0 heterocycles. The van der Waals surface area contributed by atoms with E-state index in [2.05, 4.69) is 112 Å². The van der Waals surface area contributed by atoms with E-state index < -0.39 is 0 Å². The Morgan fingerprint density at radius 2 is 1.50 bits per heavy atom. The second-order valence-electron chi connectivity index (χ2n) is 5.63. The van der Waals surface area contributed by atoms with Crippen molar-refractivity contribution in [2.45, 2.75) is 12.3 Å². The lowest BCUT2D eigenvalue weighted by atomic mass is 9.81. The molecule has 0 bridgehead atoms. The Kier molecular flexibility index (Phi) is 3.98. The Balaban J connectivity index is 2.00. The van der Waals surface area contributed by atoms with Gasteiger partial charge in [0, 0.05) is 19.5 Å². The minimum absolute atomic E-state index is 0.377. The van der Waals surface area contributed by atoms with Gasteiger partial charge in [0.05, 0.1) is 0 Å². The highest BCUT2D eigenvalue weighted by molar-refractivity contribution is 14.1. The Morgan fingerprint density at radius 3 is 2.32 bits per heavy atom. The van der Waals surface area contributed by atoms with Gasteiger partial charge in [-0.1, -0.05) is 66.7 Å². The van der Waals surface area contributed by atoms with E-state index >= 15 is 0 Å². The van der Waals surface area contributed by atoms with Gasteiger partial charge >= 0.3 is 0 Å². The highest BCUT2D eigenvalue weighted by atomic mass is 127. The van der Waals surface area contributed by atoms with Crippen LogP contribution in [0, 0.1) is 0 Å². The van der Waals surface area contributed by atoms with E-state index in [9.17, 15) is 0 Å². The Morgan fingerprint density at radius 1 is 0.773 bits per heavy atom. The summed E-state index contributed by atoms with van der Waals surface area (Å²) in [5.41, 5.74) is 4.35. The summed E-state index contributed by atoms with van der Waals surface area (Å²) in [6.07, 6.45) is 1.05. The van der Waals surface area contributed by atoms with E-state index in [1.165, 1.54) is 34.6 Å². The summed E-state index contributed by atoms with van der Waals surface area (Å²) in [5.74, 6) is 0.377. The molecule has 22 heavy (non-hydrogen) atoms. The van der Waals surface area contributed by atoms with E-state index in [4.69, 9.17) is 0 Å². The van der Waals surface area contributed by atoms with E-state index in [-0.39, 0.29) is 0 Å². The zero-order valence-corrected chi connectivity index (χ0v) is 16.2. The van der Waals surface area contributed by atoms with Crippen molar-refractivity contribution >= 4 is 56.0 Å². The van der Waals surface area contributed by atoms with Crippen LogP contribution in [0.3, 0.4) is 0 Å². The van der Waals surface area contributed by atoms with Crippen LogP contribution in [0.15, 0.2) is 73.9 Å². The van der Waals surface area contributed by atoms with Gasteiger partial charge in [-0.05, 0) is 72.6 Å². The van der Waals surface area contributed by atoms with Gasteiger partial charge in [-0.15, -0.1) is 0 Å². The summed E-state index contributed by atoms with van der Waals surface area (Å²) in [4.78, 5) is 0. The zero-order chi connectivity index (χ0) is 15.1. The standard InChI is InChI=1S/C20H14I2/c21-18-12-17-15-9-5-4-6-13(15)10-11-16(17)19(20(18)22)14-7-2-1-3-8-14/h1-11,19H,12H2. The summed E-state index contributed by atoms with van der Waals surface area (Å²) in [5, 5.41) is 2.74. The third-order valence-electron chi connectivity index (χ3n) is 4.37. The maximum atomic E-state index is 2.54. The minimum atomic E-state index is 0.377. The van der Waals surface area contributed by atoms with E-state index in [0.717, 1.165) is 6.42 Å². The maximum Gasteiger partial charge on any atom is 0.0408 e. The molecule has 0 saturated carbocycles. The highest BCUT2D eigenvalue weighted by Crippen LogP contribution is 2.47. The quantitative estimate of drug-likeness (QED) is 0.325. The molecule has 1 aliphatic rings. The average Bonchev–Trinajstić information content (AvgIpc) is 2.57. The third-order valence-corrected chi connectivity index (χ3v) is 7.63. The van der Waals surface area contributed by atoms with Crippen LogP contribution in [0.25, 0.3) is 10.8 Å². The molecule has 1 unspecified atom stereocenters. The second-order valence-corrected chi connectivity index (χ2v) is 8.09. The molecule has 1 aliphatic carbocycles. The zero-order valence-electron chi connectivity index (χ0n) is 11.9. The van der Waals surface area contributed by atoms with Crippen LogP contribution in [-0.4, -0.2) is 0 Å². The Hall–Kier alpha value is -0.880. The fraction of sp³-hybridized carbons (Fsp3) is 0.100. The molecule has 0 aliphatic heterocycles. The topological polar surface area (TPSA) is 0 Å². The van der Waals surface area contributed by atoms with Crippen molar-refractivity contribution in [2.24, 2.45) is 0 Å². The lowest BCUT2D eigenvalue weighted by molar-refractivity contribution is 0.951. The van der Waals surface area contributed by atoms with Crippen LogP contribution < -0.4 is 0 Å². The van der Waals surface area contributed by atoms with Gasteiger partial charge in [0.1, 0.15) is 0 Å². The molecule has 0 spiro atoms. The fourth-order valence-electron chi connectivity index (χ4n) is 3.32. The van der Waals surface area contributed by atoms with Crippen molar-refractivity contribution in [3.05, 3.63) is 90.6 Å². The van der Waals surface area contributed by atoms with Gasteiger partial charge in [-0.2, -0.15) is 0 Å². The Bertz CT molecular complexity index is 879. The van der Waals surface area contributed by atoms with Crippen LogP contribution >= 0.6 is 45.2 Å². The number of benzene rings is 3. The maximum absolute atomic E-state index is 2.54. The lowest BCUT2D eigenvalue weighted by Crippen LogP contribution is -2.12. The molecule has 0 amide bonds. The van der Waals surface area contributed by atoms with Gasteiger partial charge in [-0.25, -0.2) is 0 Å². The molecular formula is C20H14I2.